The molecule has 1 aliphatic carbocycles. The Kier molecular flexibility index (Phi) is 5.38. The molecule has 0 atom stereocenters. The van der Waals surface area contributed by atoms with Crippen molar-refractivity contribution in [2.75, 3.05) is 6.54 Å². The number of hydrogen-bond acceptors (Lipinski definition) is 4. The molecule has 1 aliphatic heterocycles. The predicted octanol–water partition coefficient (Wildman–Crippen LogP) is 4.89. The third-order valence-corrected chi connectivity index (χ3v) is 6.85. The second-order valence-electron chi connectivity index (χ2n) is 8.95. The lowest BCUT2D eigenvalue weighted by molar-refractivity contribution is 0.241. The maximum absolute atomic E-state index is 5.00. The lowest BCUT2D eigenvalue weighted by Crippen LogP contribution is -2.31. The summed E-state index contributed by atoms with van der Waals surface area (Å²) < 4.78 is 2.07. The summed E-state index contributed by atoms with van der Waals surface area (Å²) in [7, 11) is 0. The van der Waals surface area contributed by atoms with Crippen LogP contribution in [0.3, 0.4) is 0 Å². The lowest BCUT2D eigenvalue weighted by Gasteiger charge is -2.29. The highest BCUT2D eigenvalue weighted by Crippen LogP contribution is 2.31. The molecule has 0 spiro atoms. The van der Waals surface area contributed by atoms with Crippen LogP contribution in [0.5, 0.6) is 0 Å². The molecule has 0 radical (unpaired) electrons. The van der Waals surface area contributed by atoms with Gasteiger partial charge in [-0.2, -0.15) is 5.10 Å². The smallest absolute Gasteiger partial charge is 0.131 e. The molecule has 2 aliphatic rings. The first-order chi connectivity index (χ1) is 14.7. The average molecular weight is 402 g/mol. The molecule has 5 nitrogen and oxygen atoms in total. The number of para-hydroxylation sites is 1. The van der Waals surface area contributed by atoms with Crippen LogP contribution in [0.25, 0.3) is 5.69 Å². The summed E-state index contributed by atoms with van der Waals surface area (Å²) in [5, 5.41) is 4.69. The summed E-state index contributed by atoms with van der Waals surface area (Å²) in [6.07, 6.45) is 11.7. The van der Waals surface area contributed by atoms with Crippen molar-refractivity contribution in [3.63, 3.8) is 0 Å². The number of nitrogens with zero attached hydrogens (tertiary/aromatic N) is 5. The summed E-state index contributed by atoms with van der Waals surface area (Å²) in [5.74, 6) is 1.68. The second kappa shape index (κ2) is 8.31. The molecule has 30 heavy (non-hydrogen) atoms. The molecule has 0 N–H and O–H groups in total. The Labute approximate surface area is 179 Å². The average Bonchev–Trinajstić information content (AvgIpc) is 3.14. The van der Waals surface area contributed by atoms with E-state index < -0.39 is 0 Å². The molecule has 156 valence electrons. The number of aromatic nitrogens is 4. The fourth-order valence-electron chi connectivity index (χ4n) is 4.97. The zero-order chi connectivity index (χ0) is 20.5. The summed E-state index contributed by atoms with van der Waals surface area (Å²) in [4.78, 5) is 12.3. The van der Waals surface area contributed by atoms with Crippen LogP contribution in [0.15, 0.2) is 36.7 Å². The predicted molar refractivity (Wildman–Crippen MR) is 119 cm³/mol. The van der Waals surface area contributed by atoms with Crippen molar-refractivity contribution in [2.45, 2.75) is 71.4 Å². The molecular formula is C25H31N5. The molecule has 1 saturated carbocycles. The van der Waals surface area contributed by atoms with Gasteiger partial charge in [0, 0.05) is 60.7 Å². The van der Waals surface area contributed by atoms with Crippen LogP contribution in [-0.2, 0) is 19.5 Å². The minimum atomic E-state index is 0.581. The SMILES string of the molecule is Cc1ccccc1-n1ncc(CN2CCc3nc(C4CCCCC4)ncc3C2)c1C. The number of benzene rings is 1. The Morgan fingerprint density at radius 1 is 1.03 bits per heavy atom. The molecule has 1 aromatic carbocycles. The number of rotatable bonds is 4. The fraction of sp³-hybridized carbons (Fsp3) is 0.480. The highest BCUT2D eigenvalue weighted by molar-refractivity contribution is 5.41. The Balaban J connectivity index is 1.30. The normalized spacial score (nSPS) is 17.8. The summed E-state index contributed by atoms with van der Waals surface area (Å²) in [6, 6.07) is 8.43. The van der Waals surface area contributed by atoms with Crippen molar-refractivity contribution in [3.05, 3.63) is 70.6 Å². The first kappa shape index (κ1) is 19.4. The van der Waals surface area contributed by atoms with E-state index >= 15 is 0 Å². The molecule has 0 bridgehead atoms. The van der Waals surface area contributed by atoms with E-state index in [1.165, 1.54) is 60.2 Å². The Bertz CT molecular complexity index is 1030. The van der Waals surface area contributed by atoms with Gasteiger partial charge < -0.3 is 0 Å². The molecule has 0 amide bonds. The van der Waals surface area contributed by atoms with Crippen LogP contribution < -0.4 is 0 Å². The van der Waals surface area contributed by atoms with Gasteiger partial charge in [-0.05, 0) is 38.3 Å². The third kappa shape index (κ3) is 3.79. The second-order valence-corrected chi connectivity index (χ2v) is 8.95. The van der Waals surface area contributed by atoms with Gasteiger partial charge in [0.05, 0.1) is 11.9 Å². The molecule has 3 heterocycles. The van der Waals surface area contributed by atoms with E-state index in [4.69, 9.17) is 9.97 Å². The summed E-state index contributed by atoms with van der Waals surface area (Å²) in [5.41, 5.74) is 7.49. The van der Waals surface area contributed by atoms with E-state index in [9.17, 15) is 0 Å². The summed E-state index contributed by atoms with van der Waals surface area (Å²) >= 11 is 0. The van der Waals surface area contributed by atoms with Crippen LogP contribution in [0.2, 0.25) is 0 Å². The molecule has 0 unspecified atom stereocenters. The van der Waals surface area contributed by atoms with Crippen molar-refractivity contribution in [2.24, 2.45) is 0 Å². The van der Waals surface area contributed by atoms with Crippen molar-refractivity contribution >= 4 is 0 Å². The van der Waals surface area contributed by atoms with Crippen molar-refractivity contribution in [1.82, 2.24) is 24.6 Å². The van der Waals surface area contributed by atoms with Gasteiger partial charge in [0.1, 0.15) is 5.82 Å². The van der Waals surface area contributed by atoms with Crippen molar-refractivity contribution < 1.29 is 0 Å². The van der Waals surface area contributed by atoms with Gasteiger partial charge in [-0.1, -0.05) is 37.5 Å². The standard InChI is InChI=1S/C25H31N5/c1-18-8-6-7-11-24(18)30-19(2)21(15-27-30)16-29-13-12-23-22(17-29)14-26-25(28-23)20-9-4-3-5-10-20/h6-8,11,14-15,20H,3-5,9-10,12-13,16-17H2,1-2H3. The number of aryl methyl sites for hydroxylation is 1. The monoisotopic (exact) mass is 401 g/mol. The zero-order valence-corrected chi connectivity index (χ0v) is 18.1. The van der Waals surface area contributed by atoms with E-state index in [0.717, 1.165) is 37.6 Å². The molecule has 3 aromatic rings. The first-order valence-corrected chi connectivity index (χ1v) is 11.4. The van der Waals surface area contributed by atoms with Crippen LogP contribution in [0.1, 0.15) is 71.9 Å². The highest BCUT2D eigenvalue weighted by Gasteiger charge is 2.23. The molecule has 0 saturated heterocycles. The van der Waals surface area contributed by atoms with Gasteiger partial charge in [-0.15, -0.1) is 0 Å². The van der Waals surface area contributed by atoms with E-state index in [0.29, 0.717) is 5.92 Å². The van der Waals surface area contributed by atoms with E-state index in [1.54, 1.807) is 0 Å². The molecular weight excluding hydrogens is 370 g/mol. The van der Waals surface area contributed by atoms with Gasteiger partial charge in [0.15, 0.2) is 0 Å². The Hall–Kier alpha value is -2.53. The first-order valence-electron chi connectivity index (χ1n) is 11.4. The topological polar surface area (TPSA) is 46.8 Å². The van der Waals surface area contributed by atoms with Crippen molar-refractivity contribution in [3.8, 4) is 5.69 Å². The maximum Gasteiger partial charge on any atom is 0.131 e. The largest absolute Gasteiger partial charge is 0.294 e. The van der Waals surface area contributed by atoms with E-state index in [2.05, 4.69) is 59.0 Å². The van der Waals surface area contributed by atoms with Crippen molar-refractivity contribution in [1.29, 1.82) is 0 Å². The Morgan fingerprint density at radius 3 is 2.70 bits per heavy atom. The van der Waals surface area contributed by atoms with Crippen LogP contribution >= 0.6 is 0 Å². The maximum atomic E-state index is 5.00. The lowest BCUT2D eigenvalue weighted by atomic mass is 9.88. The molecule has 1 fully saturated rings. The summed E-state index contributed by atoms with van der Waals surface area (Å²) in [6.45, 7) is 7.20. The van der Waals surface area contributed by atoms with Gasteiger partial charge in [-0.3, -0.25) is 4.90 Å². The minimum Gasteiger partial charge on any atom is -0.294 e. The minimum absolute atomic E-state index is 0.581. The van der Waals surface area contributed by atoms with Gasteiger partial charge in [0.25, 0.3) is 0 Å². The van der Waals surface area contributed by atoms with Crippen LogP contribution in [0.4, 0.5) is 0 Å². The quantitative estimate of drug-likeness (QED) is 0.625. The molecule has 5 heteroatoms. The fourth-order valence-corrected chi connectivity index (χ4v) is 4.97. The molecule has 5 rings (SSSR count). The van der Waals surface area contributed by atoms with E-state index in [1.807, 2.05) is 6.20 Å². The van der Waals surface area contributed by atoms with Crippen LogP contribution in [0, 0.1) is 13.8 Å². The van der Waals surface area contributed by atoms with E-state index in [-0.39, 0.29) is 0 Å². The third-order valence-electron chi connectivity index (χ3n) is 6.85. The van der Waals surface area contributed by atoms with Gasteiger partial charge >= 0.3 is 0 Å². The van der Waals surface area contributed by atoms with Crippen LogP contribution in [-0.4, -0.2) is 31.2 Å². The zero-order valence-electron chi connectivity index (χ0n) is 18.1. The van der Waals surface area contributed by atoms with Gasteiger partial charge in [-0.25, -0.2) is 14.6 Å². The molecule has 2 aromatic heterocycles. The highest BCUT2D eigenvalue weighted by atomic mass is 15.3. The number of hydrogen-bond donors (Lipinski definition) is 0. The Morgan fingerprint density at radius 2 is 1.87 bits per heavy atom. The van der Waals surface area contributed by atoms with Gasteiger partial charge in [0.2, 0.25) is 0 Å². The number of fused-ring (bicyclic) bond motifs is 1.